The van der Waals surface area contributed by atoms with Gasteiger partial charge in [-0.3, -0.25) is 0 Å². The molecule has 0 aromatic heterocycles. The van der Waals surface area contributed by atoms with Crippen molar-refractivity contribution in [2.75, 3.05) is 5.75 Å². The molecule has 20 heavy (non-hydrogen) atoms. The Bertz CT molecular complexity index is 393. The lowest BCUT2D eigenvalue weighted by molar-refractivity contribution is -0.252. The van der Waals surface area contributed by atoms with Gasteiger partial charge in [-0.2, -0.15) is 17.6 Å². The van der Waals surface area contributed by atoms with Crippen LogP contribution >= 0.6 is 23.4 Å². The molecule has 0 aliphatic rings. The van der Waals surface area contributed by atoms with Gasteiger partial charge in [0.15, 0.2) is 0 Å². The molecule has 0 bridgehead atoms. The van der Waals surface area contributed by atoms with E-state index in [1.807, 2.05) is 13.8 Å². The van der Waals surface area contributed by atoms with Gasteiger partial charge >= 0.3 is 18.3 Å². The van der Waals surface area contributed by atoms with Gasteiger partial charge in [-0.15, -0.1) is 11.8 Å². The van der Waals surface area contributed by atoms with Gasteiger partial charge in [-0.1, -0.05) is 25.4 Å². The molecule has 1 aromatic carbocycles. The maximum Gasteiger partial charge on any atom is 0.370 e. The maximum absolute atomic E-state index is 12.9. The normalized spacial score (nSPS) is 12.1. The molecule has 0 saturated carbocycles. The molecule has 0 atom stereocenters. The van der Waals surface area contributed by atoms with Gasteiger partial charge < -0.3 is 0 Å². The number of halogens is 7. The maximum atomic E-state index is 12.9. The fraction of sp³-hybridized carbons (Fsp3) is 0.500. The van der Waals surface area contributed by atoms with Crippen molar-refractivity contribution >= 4 is 23.4 Å². The number of rotatable bonds is 5. The van der Waals surface area contributed by atoms with E-state index in [9.17, 15) is 26.3 Å². The van der Waals surface area contributed by atoms with Crippen molar-refractivity contribution in [2.24, 2.45) is 0 Å². The Balaban J connectivity index is 0.00000172. The van der Waals surface area contributed by atoms with Crippen LogP contribution in [0.5, 0.6) is 0 Å². The molecule has 0 heterocycles. The fourth-order valence-electron chi connectivity index (χ4n) is 0.961. The molecule has 1 aromatic rings. The first kappa shape index (κ1) is 19.4. The van der Waals surface area contributed by atoms with E-state index in [2.05, 4.69) is 0 Å². The average molecular weight is 339 g/mol. The van der Waals surface area contributed by atoms with E-state index < -0.39 is 24.0 Å². The van der Waals surface area contributed by atoms with E-state index in [1.54, 1.807) is 0 Å². The topological polar surface area (TPSA) is 0 Å². The molecule has 0 nitrogen and oxygen atoms in total. The number of alkyl halides is 6. The molecule has 8 heteroatoms. The molecule has 116 valence electrons. The van der Waals surface area contributed by atoms with Crippen LogP contribution in [0.1, 0.15) is 13.8 Å². The second-order valence-corrected chi connectivity index (χ2v) is 4.86. The van der Waals surface area contributed by atoms with Crippen molar-refractivity contribution in [3.05, 3.63) is 29.3 Å². The minimum absolute atomic E-state index is 0.240. The standard InChI is InChI=1S/C10H7ClF6S.C2H6/c11-6-1-3-7(4-2-6)18-5-9(14,15)10(16,17)8(12)13;1-2/h1-4,8H,5H2;1-2H3. The van der Waals surface area contributed by atoms with Crippen LogP contribution in [0, 0.1) is 0 Å². The van der Waals surface area contributed by atoms with Gasteiger partial charge in [-0.25, -0.2) is 8.78 Å². The van der Waals surface area contributed by atoms with Crippen molar-refractivity contribution in [1.82, 2.24) is 0 Å². The van der Waals surface area contributed by atoms with Crippen LogP contribution in [-0.2, 0) is 0 Å². The molecular formula is C12H13ClF6S. The second-order valence-electron chi connectivity index (χ2n) is 3.37. The van der Waals surface area contributed by atoms with E-state index in [0.717, 1.165) is 0 Å². The Labute approximate surface area is 122 Å². The number of benzene rings is 1. The molecule has 1 rings (SSSR count). The van der Waals surface area contributed by atoms with Crippen LogP contribution in [0.15, 0.2) is 29.2 Å². The Morgan fingerprint density at radius 3 is 1.90 bits per heavy atom. The first-order valence-electron chi connectivity index (χ1n) is 5.59. The molecule has 0 saturated heterocycles. The van der Waals surface area contributed by atoms with E-state index in [-0.39, 0.29) is 4.90 Å². The summed E-state index contributed by atoms with van der Waals surface area (Å²) in [6.45, 7) is 4.00. The van der Waals surface area contributed by atoms with Gasteiger partial charge in [0.25, 0.3) is 0 Å². The molecule has 0 amide bonds. The number of hydrogen-bond donors (Lipinski definition) is 0. The summed E-state index contributed by atoms with van der Waals surface area (Å²) in [5.74, 6) is -11.6. The first-order valence-corrected chi connectivity index (χ1v) is 6.95. The zero-order valence-electron chi connectivity index (χ0n) is 10.6. The highest BCUT2D eigenvalue weighted by Gasteiger charge is 2.62. The van der Waals surface area contributed by atoms with E-state index in [0.29, 0.717) is 16.8 Å². The minimum Gasteiger partial charge on any atom is -0.203 e. The summed E-state index contributed by atoms with van der Waals surface area (Å²) >= 11 is 5.90. The van der Waals surface area contributed by atoms with Crippen LogP contribution < -0.4 is 0 Å². The molecule has 0 radical (unpaired) electrons. The van der Waals surface area contributed by atoms with Crippen LogP contribution in [0.4, 0.5) is 26.3 Å². The van der Waals surface area contributed by atoms with Gasteiger partial charge in [0.05, 0.1) is 5.75 Å². The largest absolute Gasteiger partial charge is 0.370 e. The lowest BCUT2D eigenvalue weighted by atomic mass is 10.2. The van der Waals surface area contributed by atoms with Gasteiger partial charge in [0.1, 0.15) is 0 Å². The summed E-state index contributed by atoms with van der Waals surface area (Å²) in [7, 11) is 0. The predicted molar refractivity (Wildman–Crippen MR) is 69.4 cm³/mol. The highest BCUT2D eigenvalue weighted by Crippen LogP contribution is 2.42. The Kier molecular flexibility index (Phi) is 7.80. The van der Waals surface area contributed by atoms with Crippen LogP contribution in [0.25, 0.3) is 0 Å². The van der Waals surface area contributed by atoms with Gasteiger partial charge in [0.2, 0.25) is 0 Å². The van der Waals surface area contributed by atoms with E-state index in [1.165, 1.54) is 24.3 Å². The third kappa shape index (κ3) is 5.09. The van der Waals surface area contributed by atoms with Crippen molar-refractivity contribution < 1.29 is 26.3 Å². The van der Waals surface area contributed by atoms with Crippen molar-refractivity contribution in [2.45, 2.75) is 37.0 Å². The van der Waals surface area contributed by atoms with Crippen molar-refractivity contribution in [3.63, 3.8) is 0 Å². The molecule has 0 N–H and O–H groups in total. The minimum atomic E-state index is -5.34. The monoisotopic (exact) mass is 338 g/mol. The zero-order chi connectivity index (χ0) is 16.0. The molecule has 0 aliphatic carbocycles. The summed E-state index contributed by atoms with van der Waals surface area (Å²) in [4.78, 5) is 0.240. The highest BCUT2D eigenvalue weighted by molar-refractivity contribution is 7.99. The van der Waals surface area contributed by atoms with Crippen LogP contribution in [0.3, 0.4) is 0 Å². The smallest absolute Gasteiger partial charge is 0.203 e. The van der Waals surface area contributed by atoms with E-state index >= 15 is 0 Å². The van der Waals surface area contributed by atoms with Crippen LogP contribution in [0.2, 0.25) is 5.02 Å². The van der Waals surface area contributed by atoms with Gasteiger partial charge in [-0.05, 0) is 24.3 Å². The molecular weight excluding hydrogens is 326 g/mol. The summed E-state index contributed by atoms with van der Waals surface area (Å²) < 4.78 is 74.7. The summed E-state index contributed by atoms with van der Waals surface area (Å²) in [5, 5.41) is 0.351. The summed E-state index contributed by atoms with van der Waals surface area (Å²) in [6.07, 6.45) is -4.40. The second kappa shape index (κ2) is 8.02. The quantitative estimate of drug-likeness (QED) is 0.469. The third-order valence-corrected chi connectivity index (χ3v) is 3.36. The molecule has 0 unspecified atom stereocenters. The lowest BCUT2D eigenvalue weighted by Gasteiger charge is -2.25. The predicted octanol–water partition coefficient (Wildman–Crippen LogP) is 5.99. The first-order chi connectivity index (χ1) is 9.17. The summed E-state index contributed by atoms with van der Waals surface area (Å²) in [5.41, 5.74) is 0. The highest BCUT2D eigenvalue weighted by atomic mass is 35.5. The lowest BCUT2D eigenvalue weighted by Crippen LogP contribution is -2.48. The average Bonchev–Trinajstić information content (AvgIpc) is 2.40. The Morgan fingerprint density at radius 2 is 1.50 bits per heavy atom. The zero-order valence-corrected chi connectivity index (χ0v) is 12.2. The van der Waals surface area contributed by atoms with Crippen molar-refractivity contribution in [3.8, 4) is 0 Å². The fourth-order valence-corrected chi connectivity index (χ4v) is 1.96. The molecule has 0 fully saturated rings. The Hall–Kier alpha value is -0.560. The SMILES string of the molecule is CC.FC(F)C(F)(F)C(F)(F)CSc1ccc(Cl)cc1. The number of thioether (sulfide) groups is 1. The van der Waals surface area contributed by atoms with E-state index in [4.69, 9.17) is 11.6 Å². The van der Waals surface area contributed by atoms with Gasteiger partial charge in [0, 0.05) is 9.92 Å². The third-order valence-electron chi connectivity index (χ3n) is 2.00. The molecule has 0 spiro atoms. The molecule has 0 aliphatic heterocycles. The Morgan fingerprint density at radius 1 is 1.05 bits per heavy atom. The summed E-state index contributed by atoms with van der Waals surface area (Å²) in [6, 6.07) is 5.44. The van der Waals surface area contributed by atoms with Crippen molar-refractivity contribution in [1.29, 1.82) is 0 Å². The van der Waals surface area contributed by atoms with Crippen LogP contribution in [-0.4, -0.2) is 24.0 Å². The number of hydrogen-bond acceptors (Lipinski definition) is 1.